The molecule has 1 heterocycles. The first-order chi connectivity index (χ1) is 18.2. The monoisotopic (exact) mass is 475 g/mol. The molecule has 0 N–H and O–H groups in total. The van der Waals surface area contributed by atoms with Crippen LogP contribution in [0.4, 0.5) is 17.1 Å². The Morgan fingerprint density at radius 2 is 1.03 bits per heavy atom. The van der Waals surface area contributed by atoms with Gasteiger partial charge in [-0.3, -0.25) is 0 Å². The molecule has 7 rings (SSSR count). The lowest BCUT2D eigenvalue weighted by molar-refractivity contribution is 0.477. The summed E-state index contributed by atoms with van der Waals surface area (Å²) < 4.78 is 6.62. The van der Waals surface area contributed by atoms with Gasteiger partial charge in [-0.15, -0.1) is 0 Å². The van der Waals surface area contributed by atoms with Crippen molar-refractivity contribution in [3.63, 3.8) is 0 Å². The molecule has 0 spiro atoms. The molecule has 0 saturated heterocycles. The van der Waals surface area contributed by atoms with E-state index in [0.717, 1.165) is 39.7 Å². The van der Waals surface area contributed by atoms with Crippen LogP contribution in [0.3, 0.4) is 0 Å². The molecular weight excluding hydrogens is 450 g/mol. The minimum absolute atomic E-state index is 0.851. The summed E-state index contributed by atoms with van der Waals surface area (Å²) in [6, 6.07) is 47.2. The van der Waals surface area contributed by atoms with Gasteiger partial charge in [0.25, 0.3) is 0 Å². The van der Waals surface area contributed by atoms with E-state index < -0.39 is 0 Å². The molecule has 1 aliphatic rings. The molecular formula is C35H25NO. The zero-order valence-electron chi connectivity index (χ0n) is 20.6. The Morgan fingerprint density at radius 1 is 0.459 bits per heavy atom. The third kappa shape index (κ3) is 3.84. The first kappa shape index (κ1) is 21.5. The number of hydrogen-bond acceptors (Lipinski definition) is 2. The second-order valence-electron chi connectivity index (χ2n) is 9.57. The first-order valence-electron chi connectivity index (χ1n) is 12.6. The van der Waals surface area contributed by atoms with Crippen LogP contribution >= 0.6 is 0 Å². The summed E-state index contributed by atoms with van der Waals surface area (Å²) in [6.07, 6.45) is 0. The largest absolute Gasteiger partial charge is 0.453 e. The predicted octanol–water partition coefficient (Wildman–Crippen LogP) is 10.1. The van der Waals surface area contributed by atoms with Gasteiger partial charge in [0.05, 0.1) is 11.4 Å². The van der Waals surface area contributed by atoms with E-state index in [0.29, 0.717) is 0 Å². The van der Waals surface area contributed by atoms with Crippen molar-refractivity contribution in [2.75, 3.05) is 4.90 Å². The van der Waals surface area contributed by atoms with Gasteiger partial charge in [0.15, 0.2) is 11.5 Å². The fourth-order valence-electron chi connectivity index (χ4n) is 5.14. The zero-order chi connectivity index (χ0) is 24.8. The van der Waals surface area contributed by atoms with Crippen LogP contribution < -0.4 is 9.64 Å². The number of anilines is 3. The number of hydrogen-bond donors (Lipinski definition) is 0. The SMILES string of the molecule is Cc1ccc(N2c3ccc(-c4ccccc4)cc3Oc3cc(-c4ccc5ccccc5c4)ccc32)cc1. The van der Waals surface area contributed by atoms with E-state index in [2.05, 4.69) is 139 Å². The molecule has 0 bridgehead atoms. The van der Waals surface area contributed by atoms with Crippen molar-refractivity contribution < 1.29 is 4.74 Å². The molecule has 0 amide bonds. The maximum atomic E-state index is 6.62. The van der Waals surface area contributed by atoms with E-state index in [1.807, 2.05) is 6.07 Å². The Kier molecular flexibility index (Phi) is 5.04. The van der Waals surface area contributed by atoms with Gasteiger partial charge in [0.1, 0.15) is 0 Å². The number of aryl methyl sites for hydroxylation is 1. The van der Waals surface area contributed by atoms with Crippen molar-refractivity contribution in [1.82, 2.24) is 0 Å². The normalized spacial score (nSPS) is 12.1. The van der Waals surface area contributed by atoms with Crippen LogP contribution in [0.25, 0.3) is 33.0 Å². The van der Waals surface area contributed by atoms with Crippen molar-refractivity contribution in [1.29, 1.82) is 0 Å². The molecule has 2 heteroatoms. The Balaban J connectivity index is 1.37. The summed E-state index contributed by atoms with van der Waals surface area (Å²) in [6.45, 7) is 2.12. The Labute approximate surface area is 217 Å². The summed E-state index contributed by atoms with van der Waals surface area (Å²) in [5.41, 5.74) is 9.05. The highest BCUT2D eigenvalue weighted by molar-refractivity contribution is 5.91. The number of nitrogens with zero attached hydrogens (tertiary/aromatic N) is 1. The maximum Gasteiger partial charge on any atom is 0.152 e. The van der Waals surface area contributed by atoms with Crippen LogP contribution in [0.5, 0.6) is 11.5 Å². The van der Waals surface area contributed by atoms with E-state index in [4.69, 9.17) is 4.74 Å². The quantitative estimate of drug-likeness (QED) is 0.252. The topological polar surface area (TPSA) is 12.5 Å². The first-order valence-corrected chi connectivity index (χ1v) is 12.6. The van der Waals surface area contributed by atoms with Gasteiger partial charge in [0.2, 0.25) is 0 Å². The van der Waals surface area contributed by atoms with E-state index in [1.165, 1.54) is 27.5 Å². The average molecular weight is 476 g/mol. The lowest BCUT2D eigenvalue weighted by Crippen LogP contribution is -2.16. The number of ether oxygens (including phenoxy) is 1. The third-order valence-corrected chi connectivity index (χ3v) is 7.10. The second-order valence-corrected chi connectivity index (χ2v) is 9.57. The number of rotatable bonds is 3. The van der Waals surface area contributed by atoms with Crippen LogP contribution in [0.15, 0.2) is 133 Å². The lowest BCUT2D eigenvalue weighted by Gasteiger charge is -2.33. The highest BCUT2D eigenvalue weighted by Gasteiger charge is 2.26. The fraction of sp³-hybridized carbons (Fsp3) is 0.0286. The van der Waals surface area contributed by atoms with E-state index in [1.54, 1.807) is 0 Å². The molecule has 0 saturated carbocycles. The van der Waals surface area contributed by atoms with Gasteiger partial charge in [-0.05, 0) is 82.4 Å². The lowest BCUT2D eigenvalue weighted by atomic mass is 9.99. The van der Waals surface area contributed by atoms with Gasteiger partial charge < -0.3 is 9.64 Å². The van der Waals surface area contributed by atoms with Crippen molar-refractivity contribution in [3.8, 4) is 33.8 Å². The van der Waals surface area contributed by atoms with Crippen LogP contribution in [0, 0.1) is 6.92 Å². The fourth-order valence-corrected chi connectivity index (χ4v) is 5.14. The minimum atomic E-state index is 0.851. The van der Waals surface area contributed by atoms with Crippen LogP contribution in [0.2, 0.25) is 0 Å². The maximum absolute atomic E-state index is 6.62. The van der Waals surface area contributed by atoms with Crippen LogP contribution in [-0.4, -0.2) is 0 Å². The number of benzene rings is 6. The molecule has 6 aromatic carbocycles. The van der Waals surface area contributed by atoms with Crippen LogP contribution in [0.1, 0.15) is 5.56 Å². The van der Waals surface area contributed by atoms with Crippen molar-refractivity contribution in [2.24, 2.45) is 0 Å². The molecule has 2 nitrogen and oxygen atoms in total. The van der Waals surface area contributed by atoms with Gasteiger partial charge in [0, 0.05) is 5.69 Å². The highest BCUT2D eigenvalue weighted by Crippen LogP contribution is 2.52. The molecule has 37 heavy (non-hydrogen) atoms. The summed E-state index contributed by atoms with van der Waals surface area (Å²) >= 11 is 0. The summed E-state index contributed by atoms with van der Waals surface area (Å²) in [5, 5.41) is 2.48. The van der Waals surface area contributed by atoms with Crippen molar-refractivity contribution in [2.45, 2.75) is 6.92 Å². The summed E-state index contributed by atoms with van der Waals surface area (Å²) in [5.74, 6) is 1.70. The van der Waals surface area contributed by atoms with Gasteiger partial charge in [-0.25, -0.2) is 0 Å². The average Bonchev–Trinajstić information content (AvgIpc) is 2.96. The molecule has 0 fully saturated rings. The minimum Gasteiger partial charge on any atom is -0.453 e. The van der Waals surface area contributed by atoms with Gasteiger partial charge in [-0.2, -0.15) is 0 Å². The molecule has 0 aromatic heterocycles. The van der Waals surface area contributed by atoms with Crippen molar-refractivity contribution >= 4 is 27.8 Å². The molecule has 6 aromatic rings. The molecule has 0 atom stereocenters. The Morgan fingerprint density at radius 3 is 1.73 bits per heavy atom. The van der Waals surface area contributed by atoms with E-state index in [9.17, 15) is 0 Å². The van der Waals surface area contributed by atoms with Gasteiger partial charge >= 0.3 is 0 Å². The second kappa shape index (κ2) is 8.69. The molecule has 0 unspecified atom stereocenters. The van der Waals surface area contributed by atoms with Crippen LogP contribution in [-0.2, 0) is 0 Å². The summed E-state index contributed by atoms with van der Waals surface area (Å²) in [4.78, 5) is 2.30. The Hall–Kier alpha value is -4.82. The third-order valence-electron chi connectivity index (χ3n) is 7.10. The smallest absolute Gasteiger partial charge is 0.152 e. The summed E-state index contributed by atoms with van der Waals surface area (Å²) in [7, 11) is 0. The van der Waals surface area contributed by atoms with E-state index >= 15 is 0 Å². The Bertz CT molecular complexity index is 1750. The van der Waals surface area contributed by atoms with Crippen molar-refractivity contribution in [3.05, 3.63) is 139 Å². The standard InChI is InChI=1S/C35H25NO/c1-24-11-17-31(18-12-24)36-32-19-15-29(25-7-3-2-4-8-25)22-34(32)37-35-23-30(16-20-33(35)36)28-14-13-26-9-5-6-10-27(26)21-28/h2-23H,1H3. The molecule has 176 valence electrons. The molecule has 1 aliphatic heterocycles. The van der Waals surface area contributed by atoms with E-state index in [-0.39, 0.29) is 0 Å². The zero-order valence-corrected chi connectivity index (χ0v) is 20.6. The number of fused-ring (bicyclic) bond motifs is 3. The van der Waals surface area contributed by atoms with Gasteiger partial charge in [-0.1, -0.05) is 96.6 Å². The predicted molar refractivity (Wildman–Crippen MR) is 154 cm³/mol. The molecule has 0 aliphatic carbocycles. The molecule has 0 radical (unpaired) electrons. The highest BCUT2D eigenvalue weighted by atomic mass is 16.5.